The number of rotatable bonds is 5. The number of methoxy groups -OCH3 is 1. The minimum Gasteiger partial charge on any atom is -0.497 e. The van der Waals surface area contributed by atoms with Gasteiger partial charge in [0.15, 0.2) is 0 Å². The normalized spacial score (nSPS) is 11.5. The first-order chi connectivity index (χ1) is 18.2. The Morgan fingerprint density at radius 2 is 1.63 bits per heavy atom. The van der Waals surface area contributed by atoms with Crippen molar-refractivity contribution in [2.45, 2.75) is 13.1 Å². The van der Waals surface area contributed by atoms with E-state index >= 15 is 0 Å². The highest BCUT2D eigenvalue weighted by molar-refractivity contribution is 7.21. The van der Waals surface area contributed by atoms with Crippen LogP contribution in [0.4, 0.5) is 24.5 Å². The third-order valence-electron chi connectivity index (χ3n) is 6.13. The van der Waals surface area contributed by atoms with Gasteiger partial charge in [0, 0.05) is 10.9 Å². The molecule has 2 heterocycles. The molecule has 3 aromatic carbocycles. The quantitative estimate of drug-likeness (QED) is 0.242. The van der Waals surface area contributed by atoms with E-state index in [-0.39, 0.29) is 16.3 Å². The van der Waals surface area contributed by atoms with E-state index in [4.69, 9.17) is 15.5 Å². The fourth-order valence-corrected chi connectivity index (χ4v) is 5.19. The fourth-order valence-electron chi connectivity index (χ4n) is 4.18. The average molecular weight is 534 g/mol. The van der Waals surface area contributed by atoms with E-state index in [1.54, 1.807) is 7.11 Å². The van der Waals surface area contributed by atoms with Crippen molar-refractivity contribution < 1.29 is 22.7 Å². The number of carbonyl (C=O) groups excluding carboxylic acids is 1. The monoisotopic (exact) mass is 533 g/mol. The second-order valence-corrected chi connectivity index (χ2v) is 9.67. The number of fused-ring (bicyclic) bond motifs is 1. The first kappa shape index (κ1) is 25.3. The molecule has 0 saturated carbocycles. The van der Waals surface area contributed by atoms with Crippen LogP contribution in [0.25, 0.3) is 32.6 Å². The fraction of sp³-hybridized carbons (Fsp3) is 0.103. The number of halogens is 3. The van der Waals surface area contributed by atoms with Gasteiger partial charge in [0.25, 0.3) is 5.91 Å². The zero-order valence-corrected chi connectivity index (χ0v) is 21.2. The number of carbonyl (C=O) groups is 1. The maximum atomic E-state index is 13.5. The lowest BCUT2D eigenvalue weighted by Gasteiger charge is -2.13. The number of benzene rings is 3. The largest absolute Gasteiger partial charge is 0.497 e. The smallest absolute Gasteiger partial charge is 0.418 e. The molecule has 5 aromatic rings. The van der Waals surface area contributed by atoms with Crippen LogP contribution in [0.1, 0.15) is 20.8 Å². The molecular weight excluding hydrogens is 511 g/mol. The molecule has 3 N–H and O–H groups in total. The van der Waals surface area contributed by atoms with E-state index in [1.807, 2.05) is 61.5 Å². The van der Waals surface area contributed by atoms with Crippen molar-refractivity contribution in [2.75, 3.05) is 18.2 Å². The van der Waals surface area contributed by atoms with Crippen molar-refractivity contribution in [2.24, 2.45) is 0 Å². The minimum atomic E-state index is -4.62. The summed E-state index contributed by atoms with van der Waals surface area (Å²) in [5.41, 5.74) is 9.59. The summed E-state index contributed by atoms with van der Waals surface area (Å²) in [4.78, 5) is 18.6. The number of nitrogens with one attached hydrogen (secondary N) is 1. The zero-order valence-electron chi connectivity index (χ0n) is 20.4. The molecule has 0 aliphatic heterocycles. The number of nitrogens with zero attached hydrogens (tertiary/aromatic N) is 1. The van der Waals surface area contributed by atoms with Crippen LogP contribution in [-0.4, -0.2) is 18.0 Å². The Hall–Kier alpha value is -4.37. The molecule has 0 spiro atoms. The van der Waals surface area contributed by atoms with Crippen molar-refractivity contribution >= 4 is 38.8 Å². The number of aryl methyl sites for hydroxylation is 1. The highest BCUT2D eigenvalue weighted by atomic mass is 32.1. The molecule has 0 aliphatic rings. The number of ether oxygens (including phenoxy) is 1. The standard InChI is InChI=1S/C29H22F3N3O2S/c1-16-7-9-18(10-8-16)23-15-20(17-11-13-19(37-2)14-12-17)24-25(33)26(38-28(24)35-23)27(36)34-22-6-4-3-5-21(22)29(30,31)32/h3-15H,33H2,1-2H3,(H,34,36). The van der Waals surface area contributed by atoms with Crippen molar-refractivity contribution in [3.63, 3.8) is 0 Å². The van der Waals surface area contributed by atoms with Gasteiger partial charge in [0.2, 0.25) is 0 Å². The molecule has 0 aliphatic carbocycles. The number of nitrogen functional groups attached to an aromatic ring is 1. The van der Waals surface area contributed by atoms with E-state index in [0.717, 1.165) is 39.7 Å². The number of anilines is 2. The SMILES string of the molecule is COc1ccc(-c2cc(-c3ccc(C)cc3)nc3sc(C(=O)Nc4ccccc4C(F)(F)F)c(N)c23)cc1. The van der Waals surface area contributed by atoms with Gasteiger partial charge in [-0.15, -0.1) is 11.3 Å². The number of alkyl halides is 3. The van der Waals surface area contributed by atoms with Crippen LogP contribution >= 0.6 is 11.3 Å². The molecule has 0 bridgehead atoms. The summed E-state index contributed by atoms with van der Waals surface area (Å²) >= 11 is 1.04. The first-order valence-corrected chi connectivity index (χ1v) is 12.4. The third-order valence-corrected chi connectivity index (χ3v) is 7.23. The van der Waals surface area contributed by atoms with Gasteiger partial charge < -0.3 is 15.8 Å². The number of amides is 1. The lowest BCUT2D eigenvalue weighted by Crippen LogP contribution is -2.16. The molecule has 0 atom stereocenters. The summed E-state index contributed by atoms with van der Waals surface area (Å²) in [5.74, 6) is -0.0562. The maximum Gasteiger partial charge on any atom is 0.418 e. The number of para-hydroxylation sites is 1. The summed E-state index contributed by atoms with van der Waals surface area (Å²) in [6.07, 6.45) is -4.62. The van der Waals surface area contributed by atoms with Gasteiger partial charge in [-0.3, -0.25) is 4.79 Å². The van der Waals surface area contributed by atoms with Crippen LogP contribution in [0.3, 0.4) is 0 Å². The molecule has 1 amide bonds. The Balaban J connectivity index is 1.65. The summed E-state index contributed by atoms with van der Waals surface area (Å²) in [5, 5.41) is 2.95. The van der Waals surface area contributed by atoms with E-state index in [2.05, 4.69) is 5.32 Å². The Labute approximate surface area is 220 Å². The highest BCUT2D eigenvalue weighted by Gasteiger charge is 2.34. The van der Waals surface area contributed by atoms with Gasteiger partial charge >= 0.3 is 6.18 Å². The number of hydrogen-bond acceptors (Lipinski definition) is 5. The van der Waals surface area contributed by atoms with Crippen LogP contribution in [-0.2, 0) is 6.18 Å². The number of pyridine rings is 1. The van der Waals surface area contributed by atoms with Crippen molar-refractivity contribution in [3.8, 4) is 28.1 Å². The van der Waals surface area contributed by atoms with Gasteiger partial charge in [0.1, 0.15) is 15.5 Å². The third kappa shape index (κ3) is 4.80. The van der Waals surface area contributed by atoms with Gasteiger partial charge in [0.05, 0.1) is 29.7 Å². The molecular formula is C29H22F3N3O2S. The lowest BCUT2D eigenvalue weighted by atomic mass is 9.99. The van der Waals surface area contributed by atoms with E-state index in [0.29, 0.717) is 21.7 Å². The molecule has 5 nitrogen and oxygen atoms in total. The van der Waals surface area contributed by atoms with E-state index in [9.17, 15) is 18.0 Å². The van der Waals surface area contributed by atoms with Crippen LogP contribution < -0.4 is 15.8 Å². The van der Waals surface area contributed by atoms with Gasteiger partial charge in [-0.05, 0) is 48.4 Å². The summed E-state index contributed by atoms with van der Waals surface area (Å²) in [7, 11) is 1.58. The molecule has 9 heteroatoms. The van der Waals surface area contributed by atoms with E-state index < -0.39 is 17.6 Å². The number of nitrogens with two attached hydrogens (primary N) is 1. The van der Waals surface area contributed by atoms with Crippen LogP contribution in [0.5, 0.6) is 5.75 Å². The summed E-state index contributed by atoms with van der Waals surface area (Å²) in [6, 6.07) is 22.0. The number of aromatic nitrogens is 1. The Bertz CT molecular complexity index is 1640. The Kier molecular flexibility index (Phi) is 6.54. The molecule has 0 radical (unpaired) electrons. The first-order valence-electron chi connectivity index (χ1n) is 11.6. The zero-order chi connectivity index (χ0) is 27.0. The van der Waals surface area contributed by atoms with Crippen molar-refractivity contribution in [3.05, 3.63) is 94.9 Å². The molecule has 5 rings (SSSR count). The molecule has 192 valence electrons. The average Bonchev–Trinajstić information content (AvgIpc) is 3.25. The number of thiophene rings is 1. The second-order valence-electron chi connectivity index (χ2n) is 8.67. The minimum absolute atomic E-state index is 0.0836. The van der Waals surface area contributed by atoms with Crippen molar-refractivity contribution in [1.82, 2.24) is 4.98 Å². The molecule has 38 heavy (non-hydrogen) atoms. The molecule has 2 aromatic heterocycles. The summed E-state index contributed by atoms with van der Waals surface area (Å²) < 4.78 is 45.7. The predicted molar refractivity (Wildman–Crippen MR) is 146 cm³/mol. The number of hydrogen-bond donors (Lipinski definition) is 2. The van der Waals surface area contributed by atoms with Gasteiger partial charge in [-0.2, -0.15) is 13.2 Å². The lowest BCUT2D eigenvalue weighted by molar-refractivity contribution is -0.136. The highest BCUT2D eigenvalue weighted by Crippen LogP contribution is 2.42. The molecule has 0 fully saturated rings. The Morgan fingerprint density at radius 3 is 2.29 bits per heavy atom. The topological polar surface area (TPSA) is 77.2 Å². The maximum absolute atomic E-state index is 13.5. The van der Waals surface area contributed by atoms with Gasteiger partial charge in [-0.1, -0.05) is 54.1 Å². The summed E-state index contributed by atoms with van der Waals surface area (Å²) in [6.45, 7) is 1.99. The Morgan fingerprint density at radius 1 is 0.974 bits per heavy atom. The van der Waals surface area contributed by atoms with Crippen molar-refractivity contribution in [1.29, 1.82) is 0 Å². The molecule has 0 saturated heterocycles. The second kappa shape index (κ2) is 9.83. The predicted octanol–water partition coefficient (Wildman–Crippen LogP) is 7.80. The molecule has 0 unspecified atom stereocenters. The van der Waals surface area contributed by atoms with E-state index in [1.165, 1.54) is 18.2 Å². The van der Waals surface area contributed by atoms with Crippen LogP contribution in [0.15, 0.2) is 78.9 Å². The van der Waals surface area contributed by atoms with Crippen LogP contribution in [0.2, 0.25) is 0 Å². The van der Waals surface area contributed by atoms with Crippen LogP contribution in [0, 0.1) is 6.92 Å². The van der Waals surface area contributed by atoms with Gasteiger partial charge in [-0.25, -0.2) is 4.98 Å².